The molecule has 0 amide bonds. The fourth-order valence-electron chi connectivity index (χ4n) is 2.34. The van der Waals surface area contributed by atoms with Gasteiger partial charge in [-0.3, -0.25) is 0 Å². The first kappa shape index (κ1) is 18.5. The third-order valence-electron chi connectivity index (χ3n) is 3.65. The maximum absolute atomic E-state index is 13.2. The quantitative estimate of drug-likeness (QED) is 0.849. The molecule has 0 heterocycles. The molecule has 0 saturated heterocycles. The molecule has 2 aromatic rings. The number of benzene rings is 2. The van der Waals surface area contributed by atoms with E-state index < -0.39 is 22.1 Å². The number of nitrogens with one attached hydrogen (secondary N) is 1. The summed E-state index contributed by atoms with van der Waals surface area (Å²) in [7, 11) is -3.82. The highest BCUT2D eigenvalue weighted by molar-refractivity contribution is 7.89. The summed E-state index contributed by atoms with van der Waals surface area (Å²) in [4.78, 5) is 0.0383. The van der Waals surface area contributed by atoms with Crippen molar-refractivity contribution in [2.24, 2.45) is 0 Å². The van der Waals surface area contributed by atoms with Gasteiger partial charge < -0.3 is 0 Å². The van der Waals surface area contributed by atoms with Gasteiger partial charge in [0.1, 0.15) is 0 Å². The molecule has 0 aromatic heterocycles. The van der Waals surface area contributed by atoms with Gasteiger partial charge in [-0.1, -0.05) is 48.0 Å². The Morgan fingerprint density at radius 3 is 2.12 bits per heavy atom. The minimum absolute atomic E-state index is 0.0383. The molecular formula is C17H18F3NO2S. The van der Waals surface area contributed by atoms with Crippen LogP contribution >= 0.6 is 0 Å². The van der Waals surface area contributed by atoms with E-state index >= 15 is 0 Å². The van der Waals surface area contributed by atoms with E-state index in [0.717, 1.165) is 5.56 Å². The molecule has 0 saturated carbocycles. The van der Waals surface area contributed by atoms with Crippen LogP contribution in [0.4, 0.5) is 13.2 Å². The second-order valence-electron chi connectivity index (χ2n) is 5.50. The Kier molecular flexibility index (Phi) is 5.66. The molecule has 1 N–H and O–H groups in total. The van der Waals surface area contributed by atoms with Gasteiger partial charge in [0.25, 0.3) is 0 Å². The van der Waals surface area contributed by atoms with E-state index in [1.165, 1.54) is 36.4 Å². The van der Waals surface area contributed by atoms with E-state index in [1.807, 2.05) is 6.92 Å². The van der Waals surface area contributed by atoms with Gasteiger partial charge in [-0.15, -0.1) is 0 Å². The van der Waals surface area contributed by atoms with Gasteiger partial charge in [-0.2, -0.15) is 13.2 Å². The molecule has 0 aliphatic rings. The normalized spacial score (nSPS) is 13.7. The van der Waals surface area contributed by atoms with Crippen molar-refractivity contribution in [3.8, 4) is 0 Å². The van der Waals surface area contributed by atoms with Gasteiger partial charge in [-0.25, -0.2) is 13.1 Å². The van der Waals surface area contributed by atoms with E-state index in [0.29, 0.717) is 0 Å². The molecule has 7 heteroatoms. The molecule has 0 radical (unpaired) electrons. The first-order valence-electron chi connectivity index (χ1n) is 7.38. The van der Waals surface area contributed by atoms with E-state index in [9.17, 15) is 21.6 Å². The van der Waals surface area contributed by atoms with Crippen LogP contribution in [-0.2, 0) is 10.0 Å². The fourth-order valence-corrected chi connectivity index (χ4v) is 3.39. The van der Waals surface area contributed by atoms with Crippen molar-refractivity contribution in [3.05, 3.63) is 65.7 Å². The van der Waals surface area contributed by atoms with Crippen LogP contribution in [0.1, 0.15) is 23.5 Å². The molecule has 0 fully saturated rings. The summed E-state index contributed by atoms with van der Waals surface area (Å²) < 4.78 is 66.1. The first-order chi connectivity index (χ1) is 11.2. The standard InChI is InChI=1S/C17H18F3NO2S/c1-13-7-9-15(10-8-13)24(22,23)21-12-11-16(17(18,19)20)14-5-3-2-4-6-14/h2-10,16,21H,11-12H2,1H3. The highest BCUT2D eigenvalue weighted by Gasteiger charge is 2.40. The molecule has 0 bridgehead atoms. The molecule has 2 aromatic carbocycles. The lowest BCUT2D eigenvalue weighted by Gasteiger charge is -2.21. The maximum Gasteiger partial charge on any atom is 0.395 e. The van der Waals surface area contributed by atoms with Gasteiger partial charge in [0.15, 0.2) is 0 Å². The van der Waals surface area contributed by atoms with Crippen LogP contribution in [0.2, 0.25) is 0 Å². The third kappa shape index (κ3) is 4.82. The summed E-state index contributed by atoms with van der Waals surface area (Å²) in [5.74, 6) is -1.71. The zero-order valence-corrected chi connectivity index (χ0v) is 13.9. The lowest BCUT2D eigenvalue weighted by Crippen LogP contribution is -2.29. The number of hydrogen-bond donors (Lipinski definition) is 1. The second-order valence-corrected chi connectivity index (χ2v) is 7.27. The number of rotatable bonds is 6. The molecule has 130 valence electrons. The van der Waals surface area contributed by atoms with Gasteiger partial charge in [-0.05, 0) is 31.0 Å². The number of sulfonamides is 1. The van der Waals surface area contributed by atoms with Crippen molar-refractivity contribution < 1.29 is 21.6 Å². The largest absolute Gasteiger partial charge is 0.395 e. The smallest absolute Gasteiger partial charge is 0.211 e. The third-order valence-corrected chi connectivity index (χ3v) is 5.13. The number of halogens is 3. The van der Waals surface area contributed by atoms with Gasteiger partial charge in [0, 0.05) is 6.54 Å². The molecule has 0 aliphatic carbocycles. The molecule has 3 nitrogen and oxygen atoms in total. The Labute approximate surface area is 139 Å². The molecule has 0 aliphatic heterocycles. The van der Waals surface area contributed by atoms with E-state index in [4.69, 9.17) is 0 Å². The summed E-state index contributed by atoms with van der Waals surface area (Å²) in [6.45, 7) is 1.52. The second kappa shape index (κ2) is 7.36. The van der Waals surface area contributed by atoms with Gasteiger partial charge >= 0.3 is 6.18 Å². The van der Waals surface area contributed by atoms with Crippen LogP contribution in [0, 0.1) is 6.92 Å². The number of hydrogen-bond acceptors (Lipinski definition) is 2. The Bertz CT molecular complexity index is 757. The van der Waals surface area contributed by atoms with Crippen molar-refractivity contribution in [1.82, 2.24) is 4.72 Å². The Morgan fingerprint density at radius 2 is 1.58 bits per heavy atom. The van der Waals surface area contributed by atoms with Crippen LogP contribution in [0.25, 0.3) is 0 Å². The summed E-state index contributed by atoms with van der Waals surface area (Å²) in [6, 6.07) is 13.6. The molecule has 24 heavy (non-hydrogen) atoms. The fraction of sp³-hybridized carbons (Fsp3) is 0.294. The molecule has 1 unspecified atom stereocenters. The highest BCUT2D eigenvalue weighted by atomic mass is 32.2. The van der Waals surface area contributed by atoms with Crippen molar-refractivity contribution >= 4 is 10.0 Å². The van der Waals surface area contributed by atoms with Crippen molar-refractivity contribution in [2.75, 3.05) is 6.54 Å². The van der Waals surface area contributed by atoms with Gasteiger partial charge in [0.2, 0.25) is 10.0 Å². The lowest BCUT2D eigenvalue weighted by atomic mass is 9.95. The van der Waals surface area contributed by atoms with Crippen molar-refractivity contribution in [2.45, 2.75) is 30.3 Å². The number of aryl methyl sites for hydroxylation is 1. The predicted molar refractivity (Wildman–Crippen MR) is 86.2 cm³/mol. The SMILES string of the molecule is Cc1ccc(S(=O)(=O)NCCC(c2ccccc2)C(F)(F)F)cc1. The molecule has 0 spiro atoms. The molecule has 2 rings (SSSR count). The highest BCUT2D eigenvalue weighted by Crippen LogP contribution is 2.37. The summed E-state index contributed by atoms with van der Waals surface area (Å²) in [6.07, 6.45) is -4.80. The minimum atomic E-state index is -4.43. The average molecular weight is 357 g/mol. The Hall–Kier alpha value is -1.86. The van der Waals surface area contributed by atoms with E-state index in [1.54, 1.807) is 18.2 Å². The predicted octanol–water partition coefficient (Wildman–Crippen LogP) is 4.01. The lowest BCUT2D eigenvalue weighted by molar-refractivity contribution is -0.151. The Balaban J connectivity index is 2.06. The van der Waals surface area contributed by atoms with Crippen LogP contribution in [0.15, 0.2) is 59.5 Å². The minimum Gasteiger partial charge on any atom is -0.211 e. The Morgan fingerprint density at radius 1 is 1.00 bits per heavy atom. The summed E-state index contributed by atoms with van der Waals surface area (Å²) in [5.41, 5.74) is 1.02. The van der Waals surface area contributed by atoms with E-state index in [-0.39, 0.29) is 23.4 Å². The number of alkyl halides is 3. The maximum atomic E-state index is 13.2. The monoisotopic (exact) mass is 357 g/mol. The summed E-state index contributed by atoms with van der Waals surface area (Å²) in [5, 5.41) is 0. The van der Waals surface area contributed by atoms with Crippen LogP contribution in [0.5, 0.6) is 0 Å². The van der Waals surface area contributed by atoms with E-state index in [2.05, 4.69) is 4.72 Å². The topological polar surface area (TPSA) is 46.2 Å². The zero-order valence-electron chi connectivity index (χ0n) is 13.0. The molecule has 1 atom stereocenters. The average Bonchev–Trinajstić information content (AvgIpc) is 2.51. The van der Waals surface area contributed by atoms with Crippen LogP contribution in [-0.4, -0.2) is 21.1 Å². The molecular weight excluding hydrogens is 339 g/mol. The van der Waals surface area contributed by atoms with Crippen LogP contribution < -0.4 is 4.72 Å². The van der Waals surface area contributed by atoms with Crippen molar-refractivity contribution in [1.29, 1.82) is 0 Å². The van der Waals surface area contributed by atoms with Gasteiger partial charge in [0.05, 0.1) is 10.8 Å². The zero-order chi connectivity index (χ0) is 17.8. The van der Waals surface area contributed by atoms with Crippen LogP contribution in [0.3, 0.4) is 0 Å². The van der Waals surface area contributed by atoms with Crippen molar-refractivity contribution in [3.63, 3.8) is 0 Å². The summed E-state index contributed by atoms with van der Waals surface area (Å²) >= 11 is 0. The first-order valence-corrected chi connectivity index (χ1v) is 8.86.